The average Bonchev–Trinajstić information content (AvgIpc) is 2.37. The molecular formula is C12H18ClNO3S. The van der Waals surface area contributed by atoms with E-state index in [4.69, 9.17) is 16.7 Å². The Kier molecular flexibility index (Phi) is 6.08. The van der Waals surface area contributed by atoms with E-state index in [1.807, 2.05) is 0 Å². The van der Waals surface area contributed by atoms with E-state index in [2.05, 4.69) is 0 Å². The Morgan fingerprint density at radius 1 is 1.28 bits per heavy atom. The third-order valence-electron chi connectivity index (χ3n) is 2.65. The lowest BCUT2D eigenvalue weighted by atomic mass is 10.2. The molecule has 0 spiro atoms. The van der Waals surface area contributed by atoms with Gasteiger partial charge in [0.05, 0.1) is 4.90 Å². The van der Waals surface area contributed by atoms with Gasteiger partial charge in [0.1, 0.15) is 0 Å². The molecule has 0 heterocycles. The highest BCUT2D eigenvalue weighted by Crippen LogP contribution is 2.15. The van der Waals surface area contributed by atoms with Gasteiger partial charge >= 0.3 is 0 Å². The molecule has 4 nitrogen and oxygen atoms in total. The van der Waals surface area contributed by atoms with E-state index in [-0.39, 0.29) is 11.5 Å². The summed E-state index contributed by atoms with van der Waals surface area (Å²) < 4.78 is 25.5. The second-order valence-corrected chi connectivity index (χ2v) is 6.41. The summed E-state index contributed by atoms with van der Waals surface area (Å²) in [6, 6.07) is 6.73. The normalized spacial score (nSPS) is 12.0. The van der Waals surface area contributed by atoms with Crippen molar-refractivity contribution in [3.8, 4) is 0 Å². The molecule has 0 atom stereocenters. The van der Waals surface area contributed by atoms with E-state index in [9.17, 15) is 8.42 Å². The smallest absolute Gasteiger partial charge is 0.242 e. The zero-order chi connectivity index (χ0) is 13.6. The van der Waals surface area contributed by atoms with Gasteiger partial charge in [-0.3, -0.25) is 0 Å². The highest BCUT2D eigenvalue weighted by Gasteiger charge is 2.19. The van der Waals surface area contributed by atoms with Gasteiger partial charge in [-0.15, -0.1) is 11.6 Å². The third-order valence-corrected chi connectivity index (χ3v) is 4.71. The Morgan fingerprint density at radius 3 is 2.39 bits per heavy atom. The monoisotopic (exact) mass is 291 g/mol. The number of aryl methyl sites for hydroxylation is 1. The first-order valence-electron chi connectivity index (χ1n) is 5.74. The summed E-state index contributed by atoms with van der Waals surface area (Å²) >= 11 is 5.62. The maximum Gasteiger partial charge on any atom is 0.242 e. The van der Waals surface area contributed by atoms with Crippen LogP contribution < -0.4 is 0 Å². The van der Waals surface area contributed by atoms with Gasteiger partial charge in [-0.2, -0.15) is 0 Å². The van der Waals surface area contributed by atoms with Gasteiger partial charge in [0.15, 0.2) is 0 Å². The van der Waals surface area contributed by atoms with Crippen molar-refractivity contribution in [3.63, 3.8) is 0 Å². The second kappa shape index (κ2) is 7.09. The molecule has 18 heavy (non-hydrogen) atoms. The minimum atomic E-state index is -3.45. The molecular weight excluding hydrogens is 274 g/mol. The SMILES string of the molecule is CN(CCCO)S(=O)(=O)c1ccc(CCCl)cc1. The predicted octanol–water partition coefficient (Wildman–Crippen LogP) is 1.47. The van der Waals surface area contributed by atoms with Crippen LogP contribution in [-0.2, 0) is 16.4 Å². The molecule has 102 valence electrons. The summed E-state index contributed by atoms with van der Waals surface area (Å²) in [6.45, 7) is 0.288. The molecule has 0 saturated heterocycles. The first-order valence-corrected chi connectivity index (χ1v) is 7.72. The fourth-order valence-electron chi connectivity index (χ4n) is 1.53. The fraction of sp³-hybridized carbons (Fsp3) is 0.500. The van der Waals surface area contributed by atoms with E-state index in [1.165, 1.54) is 11.4 Å². The molecule has 0 aliphatic rings. The van der Waals surface area contributed by atoms with Crippen molar-refractivity contribution in [2.75, 3.05) is 26.1 Å². The molecule has 0 aliphatic carbocycles. The zero-order valence-corrected chi connectivity index (χ0v) is 11.9. The molecule has 1 aromatic rings. The minimum absolute atomic E-state index is 0.0193. The number of benzene rings is 1. The highest BCUT2D eigenvalue weighted by atomic mass is 35.5. The van der Waals surface area contributed by atoms with Crippen LogP contribution in [0.5, 0.6) is 0 Å². The largest absolute Gasteiger partial charge is 0.396 e. The Balaban J connectivity index is 2.84. The first-order chi connectivity index (χ1) is 8.52. The number of alkyl halides is 1. The molecule has 0 aliphatic heterocycles. The standard InChI is InChI=1S/C12H18ClNO3S/c1-14(9-2-10-15)18(16,17)12-5-3-11(4-6-12)7-8-13/h3-6,15H,2,7-10H2,1H3. The van der Waals surface area contributed by atoms with Gasteiger partial charge in [-0.25, -0.2) is 12.7 Å². The van der Waals surface area contributed by atoms with Crippen molar-refractivity contribution < 1.29 is 13.5 Å². The maximum atomic E-state index is 12.1. The minimum Gasteiger partial charge on any atom is -0.396 e. The molecule has 6 heteroatoms. The number of hydrogen-bond donors (Lipinski definition) is 1. The van der Waals surface area contributed by atoms with Crippen molar-refractivity contribution in [1.29, 1.82) is 0 Å². The van der Waals surface area contributed by atoms with Crippen molar-refractivity contribution in [2.24, 2.45) is 0 Å². The molecule has 0 bridgehead atoms. The number of aliphatic hydroxyl groups is 1. The van der Waals surface area contributed by atoms with Crippen molar-refractivity contribution in [1.82, 2.24) is 4.31 Å². The number of aliphatic hydroxyl groups excluding tert-OH is 1. The number of halogens is 1. The van der Waals surface area contributed by atoms with Crippen LogP contribution in [0.3, 0.4) is 0 Å². The molecule has 1 rings (SSSR count). The van der Waals surface area contributed by atoms with Gasteiger partial charge in [-0.05, 0) is 30.5 Å². The molecule has 0 radical (unpaired) electrons. The highest BCUT2D eigenvalue weighted by molar-refractivity contribution is 7.89. The van der Waals surface area contributed by atoms with Crippen LogP contribution in [0.15, 0.2) is 29.2 Å². The van der Waals surface area contributed by atoms with Crippen LogP contribution in [0.1, 0.15) is 12.0 Å². The summed E-state index contributed by atoms with van der Waals surface area (Å²) in [5, 5.41) is 8.71. The summed E-state index contributed by atoms with van der Waals surface area (Å²) in [6.07, 6.45) is 1.16. The van der Waals surface area contributed by atoms with E-state index in [0.29, 0.717) is 18.8 Å². The lowest BCUT2D eigenvalue weighted by Crippen LogP contribution is -2.28. The van der Waals surface area contributed by atoms with E-state index < -0.39 is 10.0 Å². The first kappa shape index (κ1) is 15.4. The fourth-order valence-corrected chi connectivity index (χ4v) is 2.96. The van der Waals surface area contributed by atoms with Gasteiger partial charge in [0.25, 0.3) is 0 Å². The van der Waals surface area contributed by atoms with Gasteiger partial charge in [-0.1, -0.05) is 12.1 Å². The van der Waals surface area contributed by atoms with Crippen LogP contribution in [0.25, 0.3) is 0 Å². The van der Waals surface area contributed by atoms with Crippen LogP contribution in [0, 0.1) is 0 Å². The van der Waals surface area contributed by atoms with E-state index in [1.54, 1.807) is 24.3 Å². The molecule has 0 fully saturated rings. The molecule has 0 unspecified atom stereocenters. The molecule has 0 saturated carbocycles. The quantitative estimate of drug-likeness (QED) is 0.774. The lowest BCUT2D eigenvalue weighted by molar-refractivity contribution is 0.275. The predicted molar refractivity (Wildman–Crippen MR) is 72.4 cm³/mol. The van der Waals surface area contributed by atoms with Gasteiger partial charge < -0.3 is 5.11 Å². The van der Waals surface area contributed by atoms with Crippen LogP contribution in [0.4, 0.5) is 0 Å². The topological polar surface area (TPSA) is 57.6 Å². The second-order valence-electron chi connectivity index (χ2n) is 3.99. The average molecular weight is 292 g/mol. The van der Waals surface area contributed by atoms with E-state index >= 15 is 0 Å². The molecule has 1 N–H and O–H groups in total. The van der Waals surface area contributed by atoms with Crippen LogP contribution >= 0.6 is 11.6 Å². The summed E-state index contributed by atoms with van der Waals surface area (Å²) in [5.74, 6) is 0.516. The van der Waals surface area contributed by atoms with Gasteiger partial charge in [0, 0.05) is 26.1 Å². The van der Waals surface area contributed by atoms with Crippen LogP contribution in [-0.4, -0.2) is 43.9 Å². The molecule has 1 aromatic carbocycles. The number of nitrogens with zero attached hydrogens (tertiary/aromatic N) is 1. The lowest BCUT2D eigenvalue weighted by Gasteiger charge is -2.16. The Hall–Kier alpha value is -0.620. The Morgan fingerprint density at radius 2 is 1.89 bits per heavy atom. The zero-order valence-electron chi connectivity index (χ0n) is 10.3. The number of rotatable bonds is 7. The maximum absolute atomic E-state index is 12.1. The van der Waals surface area contributed by atoms with Crippen LogP contribution in [0.2, 0.25) is 0 Å². The Labute approximate surface area is 113 Å². The van der Waals surface area contributed by atoms with Crippen molar-refractivity contribution >= 4 is 21.6 Å². The Bertz CT molecular complexity index is 459. The summed E-state index contributed by atoms with van der Waals surface area (Å²) in [7, 11) is -1.94. The molecule has 0 aromatic heterocycles. The molecule has 0 amide bonds. The van der Waals surface area contributed by atoms with Gasteiger partial charge in [0.2, 0.25) is 10.0 Å². The van der Waals surface area contributed by atoms with Crippen molar-refractivity contribution in [3.05, 3.63) is 29.8 Å². The summed E-state index contributed by atoms with van der Waals surface area (Å²) in [4.78, 5) is 0.265. The number of hydrogen-bond acceptors (Lipinski definition) is 3. The summed E-state index contributed by atoms with van der Waals surface area (Å²) in [5.41, 5.74) is 1.02. The van der Waals surface area contributed by atoms with Crippen molar-refractivity contribution in [2.45, 2.75) is 17.7 Å². The van der Waals surface area contributed by atoms with E-state index in [0.717, 1.165) is 12.0 Å². The third kappa shape index (κ3) is 3.95. The number of sulfonamides is 1.